The van der Waals surface area contributed by atoms with Crippen LogP contribution < -0.4 is 5.73 Å². The van der Waals surface area contributed by atoms with Crippen molar-refractivity contribution in [1.82, 2.24) is 0 Å². The average Bonchev–Trinajstić information content (AvgIpc) is 2.98. The summed E-state index contributed by atoms with van der Waals surface area (Å²) in [4.78, 5) is 0. The van der Waals surface area contributed by atoms with Gasteiger partial charge in [-0.15, -0.1) is 12.4 Å². The van der Waals surface area contributed by atoms with Gasteiger partial charge < -0.3 is 10.8 Å². The standard InChI is InChI=1S/C13H18BrNO.ClH/c1-7-5-11(16)12(8(2)13(7)14)10(15)6-9-3-4-9;/h5,9-10,16H,3-4,6,15H2,1-2H3;1H/t10-;/m1./s1. The van der Waals surface area contributed by atoms with Crippen LogP contribution in [0.3, 0.4) is 0 Å². The zero-order valence-electron chi connectivity index (χ0n) is 10.2. The van der Waals surface area contributed by atoms with Gasteiger partial charge >= 0.3 is 0 Å². The van der Waals surface area contributed by atoms with Crippen LogP contribution in [0.25, 0.3) is 0 Å². The molecule has 1 saturated carbocycles. The molecule has 0 spiro atoms. The highest BCUT2D eigenvalue weighted by atomic mass is 79.9. The lowest BCUT2D eigenvalue weighted by atomic mass is 9.95. The molecule has 1 atom stereocenters. The molecule has 4 heteroatoms. The van der Waals surface area contributed by atoms with Gasteiger partial charge in [-0.3, -0.25) is 0 Å². The zero-order valence-corrected chi connectivity index (χ0v) is 12.6. The number of phenolic OH excluding ortho intramolecular Hbond substituents is 1. The molecule has 0 bridgehead atoms. The second-order valence-corrected chi connectivity index (χ2v) is 5.64. The Bertz CT molecular complexity index is 418. The van der Waals surface area contributed by atoms with Crippen LogP contribution in [0.4, 0.5) is 0 Å². The number of hydrogen-bond donors (Lipinski definition) is 2. The predicted molar refractivity (Wildman–Crippen MR) is 76.8 cm³/mol. The lowest BCUT2D eigenvalue weighted by Gasteiger charge is -2.18. The van der Waals surface area contributed by atoms with Gasteiger partial charge in [-0.1, -0.05) is 28.8 Å². The van der Waals surface area contributed by atoms with Gasteiger partial charge in [0.2, 0.25) is 0 Å². The van der Waals surface area contributed by atoms with Gasteiger partial charge in [0, 0.05) is 16.1 Å². The number of aryl methyl sites for hydroxylation is 1. The molecule has 3 N–H and O–H groups in total. The third-order valence-electron chi connectivity index (χ3n) is 3.36. The largest absolute Gasteiger partial charge is 0.508 e. The lowest BCUT2D eigenvalue weighted by Crippen LogP contribution is -2.13. The van der Waals surface area contributed by atoms with E-state index in [-0.39, 0.29) is 18.4 Å². The van der Waals surface area contributed by atoms with Crippen molar-refractivity contribution in [3.05, 3.63) is 27.2 Å². The Balaban J connectivity index is 0.00000144. The van der Waals surface area contributed by atoms with Crippen molar-refractivity contribution < 1.29 is 5.11 Å². The van der Waals surface area contributed by atoms with Crippen molar-refractivity contribution >= 4 is 28.3 Å². The summed E-state index contributed by atoms with van der Waals surface area (Å²) in [6.45, 7) is 3.99. The molecule has 1 aliphatic carbocycles. The predicted octanol–water partition coefficient (Wildman–Crippen LogP) is 3.99. The van der Waals surface area contributed by atoms with Crippen molar-refractivity contribution in [2.75, 3.05) is 0 Å². The summed E-state index contributed by atoms with van der Waals surface area (Å²) in [6.07, 6.45) is 3.57. The monoisotopic (exact) mass is 319 g/mol. The zero-order chi connectivity index (χ0) is 11.9. The summed E-state index contributed by atoms with van der Waals surface area (Å²) >= 11 is 3.55. The fraction of sp³-hybridized carbons (Fsp3) is 0.538. The average molecular weight is 321 g/mol. The van der Waals surface area contributed by atoms with Crippen LogP contribution in [0.15, 0.2) is 10.5 Å². The number of benzene rings is 1. The number of hydrogen-bond acceptors (Lipinski definition) is 2. The van der Waals surface area contributed by atoms with Crippen LogP contribution in [0.1, 0.15) is 42.0 Å². The fourth-order valence-electron chi connectivity index (χ4n) is 2.25. The van der Waals surface area contributed by atoms with Crippen LogP contribution in [0.2, 0.25) is 0 Å². The number of rotatable bonds is 3. The van der Waals surface area contributed by atoms with Gasteiger partial charge in [-0.2, -0.15) is 0 Å². The molecule has 0 heterocycles. The molecule has 1 aromatic carbocycles. The topological polar surface area (TPSA) is 46.2 Å². The van der Waals surface area contributed by atoms with Crippen molar-refractivity contribution in [3.8, 4) is 5.75 Å². The van der Waals surface area contributed by atoms with E-state index in [0.717, 1.165) is 33.5 Å². The second kappa shape index (κ2) is 5.59. The van der Waals surface area contributed by atoms with Crippen molar-refractivity contribution in [1.29, 1.82) is 0 Å². The maximum atomic E-state index is 10.00. The SMILES string of the molecule is Cc1cc(O)c([C@H](N)CC2CC2)c(C)c1Br.Cl. The molecule has 1 aromatic rings. The van der Waals surface area contributed by atoms with E-state index in [0.29, 0.717) is 5.75 Å². The first-order valence-corrected chi connectivity index (χ1v) is 6.54. The molecule has 0 unspecified atom stereocenters. The van der Waals surface area contributed by atoms with Crippen LogP contribution in [-0.4, -0.2) is 5.11 Å². The van der Waals surface area contributed by atoms with E-state index < -0.39 is 0 Å². The molecular weight excluding hydrogens is 302 g/mol. The van der Waals surface area contributed by atoms with Crippen molar-refractivity contribution in [2.45, 2.75) is 39.2 Å². The van der Waals surface area contributed by atoms with E-state index in [2.05, 4.69) is 15.9 Å². The highest BCUT2D eigenvalue weighted by Crippen LogP contribution is 2.41. The molecule has 0 radical (unpaired) electrons. The molecule has 2 nitrogen and oxygen atoms in total. The quantitative estimate of drug-likeness (QED) is 0.884. The van der Waals surface area contributed by atoms with E-state index >= 15 is 0 Å². The number of phenols is 1. The number of aromatic hydroxyl groups is 1. The van der Waals surface area contributed by atoms with Gasteiger partial charge in [0.1, 0.15) is 5.75 Å². The Morgan fingerprint density at radius 1 is 1.47 bits per heavy atom. The smallest absolute Gasteiger partial charge is 0.120 e. The first-order valence-electron chi connectivity index (χ1n) is 5.74. The minimum atomic E-state index is -0.0376. The second-order valence-electron chi connectivity index (χ2n) is 4.85. The van der Waals surface area contributed by atoms with Crippen LogP contribution >= 0.6 is 28.3 Å². The molecule has 0 saturated heterocycles. The number of nitrogens with two attached hydrogens (primary N) is 1. The molecule has 1 aliphatic rings. The van der Waals surface area contributed by atoms with Crippen LogP contribution in [0.5, 0.6) is 5.75 Å². The van der Waals surface area contributed by atoms with E-state index in [4.69, 9.17) is 5.73 Å². The summed E-state index contributed by atoms with van der Waals surface area (Å²) in [7, 11) is 0. The first-order chi connectivity index (χ1) is 7.50. The normalized spacial score (nSPS) is 16.5. The maximum absolute atomic E-state index is 10.00. The number of halogens is 2. The van der Waals surface area contributed by atoms with E-state index in [1.807, 2.05) is 13.8 Å². The molecular formula is C13H19BrClNO. The summed E-state index contributed by atoms with van der Waals surface area (Å²) < 4.78 is 1.06. The maximum Gasteiger partial charge on any atom is 0.120 e. The van der Waals surface area contributed by atoms with Gasteiger partial charge in [0.15, 0.2) is 0 Å². The minimum absolute atomic E-state index is 0. The van der Waals surface area contributed by atoms with Crippen molar-refractivity contribution in [3.63, 3.8) is 0 Å². The van der Waals surface area contributed by atoms with Gasteiger partial charge in [0.25, 0.3) is 0 Å². The molecule has 0 aromatic heterocycles. The van der Waals surface area contributed by atoms with Crippen LogP contribution in [0, 0.1) is 19.8 Å². The van der Waals surface area contributed by atoms with Gasteiger partial charge in [-0.25, -0.2) is 0 Å². The van der Waals surface area contributed by atoms with E-state index in [1.54, 1.807) is 6.07 Å². The third-order valence-corrected chi connectivity index (χ3v) is 4.58. The Labute approximate surface area is 117 Å². The molecule has 2 rings (SSSR count). The molecule has 96 valence electrons. The molecule has 0 amide bonds. The van der Waals surface area contributed by atoms with Crippen molar-refractivity contribution in [2.24, 2.45) is 11.7 Å². The Kier molecular flexibility index (Phi) is 4.87. The van der Waals surface area contributed by atoms with Crippen LogP contribution in [-0.2, 0) is 0 Å². The third kappa shape index (κ3) is 3.15. The lowest BCUT2D eigenvalue weighted by molar-refractivity contribution is 0.453. The Morgan fingerprint density at radius 2 is 2.06 bits per heavy atom. The van der Waals surface area contributed by atoms with Gasteiger partial charge in [0.05, 0.1) is 0 Å². The van der Waals surface area contributed by atoms with E-state index in [9.17, 15) is 5.11 Å². The Morgan fingerprint density at radius 3 is 2.59 bits per heavy atom. The van der Waals surface area contributed by atoms with E-state index in [1.165, 1.54) is 12.8 Å². The van der Waals surface area contributed by atoms with Gasteiger partial charge in [-0.05, 0) is 43.4 Å². The summed E-state index contributed by atoms with van der Waals surface area (Å²) in [5.41, 5.74) is 9.21. The molecule has 0 aliphatic heterocycles. The Hall–Kier alpha value is -0.250. The summed E-state index contributed by atoms with van der Waals surface area (Å²) in [6, 6.07) is 1.75. The molecule has 1 fully saturated rings. The highest BCUT2D eigenvalue weighted by Gasteiger charge is 2.27. The highest BCUT2D eigenvalue weighted by molar-refractivity contribution is 9.10. The fourth-order valence-corrected chi connectivity index (χ4v) is 2.58. The molecule has 17 heavy (non-hydrogen) atoms. The summed E-state index contributed by atoms with van der Waals surface area (Å²) in [5.74, 6) is 1.11. The first kappa shape index (κ1) is 14.8. The minimum Gasteiger partial charge on any atom is -0.508 e. The summed E-state index contributed by atoms with van der Waals surface area (Å²) in [5, 5.41) is 10.00.